The van der Waals surface area contributed by atoms with Crippen LogP contribution in [0, 0.1) is 5.92 Å². The Morgan fingerprint density at radius 3 is 2.42 bits per heavy atom. The molecule has 0 aromatic heterocycles. The van der Waals surface area contributed by atoms with E-state index in [1.165, 1.54) is 5.56 Å². The summed E-state index contributed by atoms with van der Waals surface area (Å²) in [4.78, 5) is 23.3. The smallest absolute Gasteiger partial charge is 0.315 e. The third-order valence-electron chi connectivity index (χ3n) is 5.13. The van der Waals surface area contributed by atoms with Crippen molar-refractivity contribution in [2.75, 3.05) is 0 Å². The van der Waals surface area contributed by atoms with Crippen LogP contribution in [0.1, 0.15) is 44.1 Å². The number of hydrogen-bond donors (Lipinski definition) is 3. The molecule has 2 amide bonds. The first-order valence-electron chi connectivity index (χ1n) is 8.52. The first kappa shape index (κ1) is 17.3. The Labute approximate surface area is 150 Å². The molecular formula is C18H23BrN2O3. The summed E-state index contributed by atoms with van der Waals surface area (Å²) >= 11 is 3.56. The standard InChI is InChI=1S/C18H23BrN2O3/c19-15-4-2-1-3-13(15)11-18(9-10-18)21-17(24)20-14-7-5-12(6-8-14)16(22)23/h1-4,12,14H,5-11H2,(H,22,23)(H2,20,21,24). The Hall–Kier alpha value is -1.56. The lowest BCUT2D eigenvalue weighted by molar-refractivity contribution is -0.142. The van der Waals surface area contributed by atoms with E-state index in [1.54, 1.807) is 0 Å². The molecular weight excluding hydrogens is 372 g/mol. The minimum atomic E-state index is -0.719. The quantitative estimate of drug-likeness (QED) is 0.715. The fourth-order valence-electron chi connectivity index (χ4n) is 3.45. The van der Waals surface area contributed by atoms with Crippen molar-refractivity contribution in [3.05, 3.63) is 34.3 Å². The molecule has 1 aromatic rings. The number of benzene rings is 1. The van der Waals surface area contributed by atoms with Gasteiger partial charge in [0.2, 0.25) is 0 Å². The van der Waals surface area contributed by atoms with Gasteiger partial charge in [-0.1, -0.05) is 34.1 Å². The van der Waals surface area contributed by atoms with Crippen molar-refractivity contribution >= 4 is 27.9 Å². The summed E-state index contributed by atoms with van der Waals surface area (Å²) in [7, 11) is 0. The number of urea groups is 1. The number of rotatable bonds is 5. The highest BCUT2D eigenvalue weighted by Crippen LogP contribution is 2.40. The number of nitrogens with one attached hydrogen (secondary N) is 2. The second-order valence-electron chi connectivity index (χ2n) is 7.03. The number of carboxylic acids is 1. The summed E-state index contributed by atoms with van der Waals surface area (Å²) in [5.41, 5.74) is 1.07. The van der Waals surface area contributed by atoms with E-state index in [1.807, 2.05) is 18.2 Å². The van der Waals surface area contributed by atoms with E-state index in [0.717, 1.165) is 36.6 Å². The van der Waals surface area contributed by atoms with Crippen molar-refractivity contribution < 1.29 is 14.7 Å². The summed E-state index contributed by atoms with van der Waals surface area (Å²) in [6, 6.07) is 8.06. The Morgan fingerprint density at radius 2 is 1.83 bits per heavy atom. The van der Waals surface area contributed by atoms with Crippen LogP contribution in [0.5, 0.6) is 0 Å². The van der Waals surface area contributed by atoms with Crippen LogP contribution in [0.2, 0.25) is 0 Å². The highest BCUT2D eigenvalue weighted by molar-refractivity contribution is 9.10. The molecule has 2 fully saturated rings. The third kappa shape index (κ3) is 4.29. The molecule has 3 rings (SSSR count). The van der Waals surface area contributed by atoms with E-state index in [9.17, 15) is 9.59 Å². The summed E-state index contributed by atoms with van der Waals surface area (Å²) in [5, 5.41) is 15.2. The van der Waals surface area contributed by atoms with Crippen LogP contribution in [-0.4, -0.2) is 28.7 Å². The van der Waals surface area contributed by atoms with Gasteiger partial charge < -0.3 is 15.7 Å². The normalized spacial score (nSPS) is 24.9. The van der Waals surface area contributed by atoms with Gasteiger partial charge in [-0.25, -0.2) is 4.79 Å². The molecule has 0 saturated heterocycles. The van der Waals surface area contributed by atoms with Gasteiger partial charge in [-0.2, -0.15) is 0 Å². The largest absolute Gasteiger partial charge is 0.481 e. The number of carboxylic acid groups (broad SMARTS) is 1. The van der Waals surface area contributed by atoms with Crippen molar-refractivity contribution in [3.63, 3.8) is 0 Å². The number of amides is 2. The fraction of sp³-hybridized carbons (Fsp3) is 0.556. The molecule has 0 bridgehead atoms. The van der Waals surface area contributed by atoms with E-state index in [4.69, 9.17) is 5.11 Å². The minimum Gasteiger partial charge on any atom is -0.481 e. The topological polar surface area (TPSA) is 78.4 Å². The number of hydrogen-bond acceptors (Lipinski definition) is 2. The maximum atomic E-state index is 12.3. The molecule has 0 radical (unpaired) electrons. The maximum absolute atomic E-state index is 12.3. The Morgan fingerprint density at radius 1 is 1.17 bits per heavy atom. The number of carbonyl (C=O) groups excluding carboxylic acids is 1. The van der Waals surface area contributed by atoms with E-state index in [2.05, 4.69) is 32.6 Å². The molecule has 0 heterocycles. The van der Waals surface area contributed by atoms with Crippen LogP contribution < -0.4 is 10.6 Å². The minimum absolute atomic E-state index is 0.0832. The Kier molecular flexibility index (Phi) is 5.13. The van der Waals surface area contributed by atoms with Crippen LogP contribution in [0.25, 0.3) is 0 Å². The fourth-order valence-corrected chi connectivity index (χ4v) is 3.88. The molecule has 2 aliphatic rings. The van der Waals surface area contributed by atoms with Gasteiger partial charge in [-0.15, -0.1) is 0 Å². The number of halogens is 1. The molecule has 0 atom stereocenters. The average molecular weight is 395 g/mol. The monoisotopic (exact) mass is 394 g/mol. The van der Waals surface area contributed by atoms with Crippen molar-refractivity contribution in [1.29, 1.82) is 0 Å². The molecule has 0 spiro atoms. The lowest BCUT2D eigenvalue weighted by Gasteiger charge is -2.28. The Bertz CT molecular complexity index is 622. The Balaban J connectivity index is 1.49. The first-order chi connectivity index (χ1) is 11.5. The zero-order valence-electron chi connectivity index (χ0n) is 13.6. The van der Waals surface area contributed by atoms with Crippen LogP contribution in [0.3, 0.4) is 0 Å². The second kappa shape index (κ2) is 7.13. The summed E-state index contributed by atoms with van der Waals surface area (Å²) in [6.45, 7) is 0. The van der Waals surface area contributed by atoms with Gasteiger partial charge in [0.15, 0.2) is 0 Å². The van der Waals surface area contributed by atoms with E-state index < -0.39 is 5.97 Å². The van der Waals surface area contributed by atoms with Crippen molar-refractivity contribution in [2.24, 2.45) is 5.92 Å². The summed E-state index contributed by atoms with van der Waals surface area (Å²) in [5.74, 6) is -0.973. The summed E-state index contributed by atoms with van der Waals surface area (Å²) < 4.78 is 1.07. The van der Waals surface area contributed by atoms with Crippen LogP contribution in [0.15, 0.2) is 28.7 Å². The molecule has 1 aromatic carbocycles. The van der Waals surface area contributed by atoms with Crippen molar-refractivity contribution in [2.45, 2.75) is 56.5 Å². The predicted octanol–water partition coefficient (Wildman–Crippen LogP) is 3.47. The molecule has 5 nitrogen and oxygen atoms in total. The average Bonchev–Trinajstić information content (AvgIpc) is 3.29. The summed E-state index contributed by atoms with van der Waals surface area (Å²) in [6.07, 6.45) is 5.57. The van der Waals surface area contributed by atoms with Gasteiger partial charge in [0.25, 0.3) is 0 Å². The molecule has 130 valence electrons. The molecule has 2 saturated carbocycles. The first-order valence-corrected chi connectivity index (χ1v) is 9.32. The highest BCUT2D eigenvalue weighted by Gasteiger charge is 2.44. The zero-order chi connectivity index (χ0) is 17.2. The molecule has 24 heavy (non-hydrogen) atoms. The SMILES string of the molecule is O=C(NC1CCC(C(=O)O)CC1)NC1(Cc2ccccc2Br)CC1. The zero-order valence-corrected chi connectivity index (χ0v) is 15.1. The van der Waals surface area contributed by atoms with E-state index >= 15 is 0 Å². The molecule has 3 N–H and O–H groups in total. The van der Waals surface area contributed by atoms with Crippen molar-refractivity contribution in [3.8, 4) is 0 Å². The molecule has 2 aliphatic carbocycles. The van der Waals surface area contributed by atoms with Crippen LogP contribution in [-0.2, 0) is 11.2 Å². The number of carbonyl (C=O) groups is 2. The highest BCUT2D eigenvalue weighted by atomic mass is 79.9. The van der Waals surface area contributed by atoms with E-state index in [0.29, 0.717) is 12.8 Å². The lowest BCUT2D eigenvalue weighted by Crippen LogP contribution is -2.49. The maximum Gasteiger partial charge on any atom is 0.315 e. The van der Waals surface area contributed by atoms with Gasteiger partial charge in [-0.05, 0) is 56.6 Å². The van der Waals surface area contributed by atoms with Crippen LogP contribution in [0.4, 0.5) is 4.79 Å². The predicted molar refractivity (Wildman–Crippen MR) is 94.9 cm³/mol. The molecule has 6 heteroatoms. The van der Waals surface area contributed by atoms with E-state index in [-0.39, 0.29) is 23.5 Å². The molecule has 0 unspecified atom stereocenters. The van der Waals surface area contributed by atoms with Gasteiger partial charge in [-0.3, -0.25) is 4.79 Å². The second-order valence-corrected chi connectivity index (χ2v) is 7.89. The van der Waals surface area contributed by atoms with Crippen LogP contribution >= 0.6 is 15.9 Å². The number of aliphatic carboxylic acids is 1. The van der Waals surface area contributed by atoms with Gasteiger partial charge >= 0.3 is 12.0 Å². The van der Waals surface area contributed by atoms with Gasteiger partial charge in [0, 0.05) is 16.1 Å². The molecule has 0 aliphatic heterocycles. The van der Waals surface area contributed by atoms with Crippen molar-refractivity contribution in [1.82, 2.24) is 10.6 Å². The lowest BCUT2D eigenvalue weighted by atomic mass is 9.86. The third-order valence-corrected chi connectivity index (χ3v) is 5.90. The van der Waals surface area contributed by atoms with Gasteiger partial charge in [0.05, 0.1) is 5.92 Å². The van der Waals surface area contributed by atoms with Gasteiger partial charge in [0.1, 0.15) is 0 Å².